The van der Waals surface area contributed by atoms with E-state index in [1.807, 2.05) is 28.7 Å². The van der Waals surface area contributed by atoms with Crippen LogP contribution in [0.4, 0.5) is 0 Å². The standard InChI is InChI=1S/C9H5BrINO2/c10-4-7(13)5-2-1-3-6-8(5)14-9(11)12-6/h1-3H,4H2. The summed E-state index contributed by atoms with van der Waals surface area (Å²) in [6.45, 7) is 0. The minimum atomic E-state index is 0.00292. The first-order valence-corrected chi connectivity index (χ1v) is 6.06. The van der Waals surface area contributed by atoms with Gasteiger partial charge >= 0.3 is 0 Å². The van der Waals surface area contributed by atoms with Crippen molar-refractivity contribution in [3.63, 3.8) is 0 Å². The zero-order valence-corrected chi connectivity index (χ0v) is 10.7. The van der Waals surface area contributed by atoms with Crippen LogP contribution in [0.2, 0.25) is 0 Å². The number of carbonyl (C=O) groups is 1. The summed E-state index contributed by atoms with van der Waals surface area (Å²) in [7, 11) is 0. The molecular weight excluding hydrogens is 361 g/mol. The molecule has 0 unspecified atom stereocenters. The molecule has 1 aromatic heterocycles. The summed E-state index contributed by atoms with van der Waals surface area (Å²) in [6, 6.07) is 5.37. The minimum Gasteiger partial charge on any atom is -0.431 e. The van der Waals surface area contributed by atoms with Gasteiger partial charge in [0.25, 0.3) is 3.90 Å². The van der Waals surface area contributed by atoms with E-state index < -0.39 is 0 Å². The Hall–Kier alpha value is -0.430. The Morgan fingerprint density at radius 1 is 1.57 bits per heavy atom. The molecule has 0 aliphatic carbocycles. The van der Waals surface area contributed by atoms with Gasteiger partial charge in [-0.25, -0.2) is 4.98 Å². The summed E-state index contributed by atoms with van der Waals surface area (Å²) < 4.78 is 5.90. The summed E-state index contributed by atoms with van der Waals surface area (Å²) >= 11 is 5.11. The van der Waals surface area contributed by atoms with Crippen LogP contribution in [-0.2, 0) is 0 Å². The van der Waals surface area contributed by atoms with E-state index in [-0.39, 0.29) is 5.78 Å². The molecule has 1 heterocycles. The van der Waals surface area contributed by atoms with Crippen LogP contribution in [0, 0.1) is 3.90 Å². The van der Waals surface area contributed by atoms with Crippen LogP contribution in [0.3, 0.4) is 0 Å². The van der Waals surface area contributed by atoms with Crippen LogP contribution in [0.15, 0.2) is 22.6 Å². The lowest BCUT2D eigenvalue weighted by Crippen LogP contribution is -1.99. The fourth-order valence-corrected chi connectivity index (χ4v) is 2.00. The molecule has 0 amide bonds. The summed E-state index contributed by atoms with van der Waals surface area (Å²) in [5, 5.41) is 0.295. The van der Waals surface area contributed by atoms with Gasteiger partial charge in [-0.15, -0.1) is 0 Å². The molecule has 2 aromatic rings. The van der Waals surface area contributed by atoms with E-state index in [1.165, 1.54) is 0 Å². The first-order valence-electron chi connectivity index (χ1n) is 3.86. The average molecular weight is 366 g/mol. The monoisotopic (exact) mass is 365 g/mol. The molecule has 0 aliphatic rings. The van der Waals surface area contributed by atoms with Gasteiger partial charge in [-0.3, -0.25) is 4.79 Å². The zero-order chi connectivity index (χ0) is 10.1. The molecule has 0 spiro atoms. The average Bonchev–Trinajstić information content (AvgIpc) is 2.56. The van der Waals surface area contributed by atoms with Crippen molar-refractivity contribution in [3.05, 3.63) is 27.7 Å². The first-order chi connectivity index (χ1) is 6.72. The summed E-state index contributed by atoms with van der Waals surface area (Å²) in [6.07, 6.45) is 0. The Bertz CT molecular complexity index is 495. The molecular formula is C9H5BrINO2. The number of para-hydroxylation sites is 1. The van der Waals surface area contributed by atoms with Crippen molar-refractivity contribution in [2.75, 3.05) is 5.33 Å². The molecule has 1 aromatic carbocycles. The van der Waals surface area contributed by atoms with Crippen LogP contribution in [0.1, 0.15) is 10.4 Å². The van der Waals surface area contributed by atoms with Crippen molar-refractivity contribution in [2.45, 2.75) is 0 Å². The molecule has 0 fully saturated rings. The molecule has 14 heavy (non-hydrogen) atoms. The molecule has 0 saturated heterocycles. The fraction of sp³-hybridized carbons (Fsp3) is 0.111. The van der Waals surface area contributed by atoms with Crippen molar-refractivity contribution in [1.82, 2.24) is 4.98 Å². The summed E-state index contributed by atoms with van der Waals surface area (Å²) in [5.74, 6) is 0.00292. The van der Waals surface area contributed by atoms with Gasteiger partial charge in [-0.1, -0.05) is 22.0 Å². The maximum atomic E-state index is 11.5. The van der Waals surface area contributed by atoms with E-state index in [4.69, 9.17) is 4.42 Å². The number of fused-ring (bicyclic) bond motifs is 1. The van der Waals surface area contributed by atoms with Gasteiger partial charge in [0.15, 0.2) is 11.4 Å². The lowest BCUT2D eigenvalue weighted by atomic mass is 10.1. The molecule has 3 nitrogen and oxygen atoms in total. The lowest BCUT2D eigenvalue weighted by Gasteiger charge is -1.95. The SMILES string of the molecule is O=C(CBr)c1cccc2nc(I)oc12. The molecule has 0 N–H and O–H groups in total. The van der Waals surface area contributed by atoms with E-state index in [2.05, 4.69) is 20.9 Å². The third kappa shape index (κ3) is 1.70. The topological polar surface area (TPSA) is 43.1 Å². The van der Waals surface area contributed by atoms with E-state index in [1.54, 1.807) is 12.1 Å². The van der Waals surface area contributed by atoms with Gasteiger partial charge in [0.05, 0.1) is 10.9 Å². The van der Waals surface area contributed by atoms with Gasteiger partial charge in [-0.2, -0.15) is 0 Å². The van der Waals surface area contributed by atoms with Crippen LogP contribution in [-0.4, -0.2) is 16.1 Å². The fourth-order valence-electron chi connectivity index (χ4n) is 1.21. The molecule has 0 bridgehead atoms. The Morgan fingerprint density at radius 3 is 3.07 bits per heavy atom. The van der Waals surface area contributed by atoms with Gasteiger partial charge in [0.2, 0.25) is 0 Å². The predicted octanol–water partition coefficient (Wildman–Crippen LogP) is 3.01. The highest BCUT2D eigenvalue weighted by Gasteiger charge is 2.13. The maximum absolute atomic E-state index is 11.5. The van der Waals surface area contributed by atoms with Gasteiger partial charge in [0, 0.05) is 22.6 Å². The lowest BCUT2D eigenvalue weighted by molar-refractivity contribution is 0.102. The van der Waals surface area contributed by atoms with E-state index >= 15 is 0 Å². The largest absolute Gasteiger partial charge is 0.431 e. The number of halogens is 2. The van der Waals surface area contributed by atoms with Crippen LogP contribution >= 0.6 is 38.5 Å². The smallest absolute Gasteiger partial charge is 0.258 e. The van der Waals surface area contributed by atoms with Crippen LogP contribution in [0.5, 0.6) is 0 Å². The highest BCUT2D eigenvalue weighted by molar-refractivity contribution is 14.1. The molecule has 2 rings (SSSR count). The van der Waals surface area contributed by atoms with Gasteiger partial charge in [0.1, 0.15) is 5.52 Å². The van der Waals surface area contributed by atoms with E-state index in [9.17, 15) is 4.79 Å². The van der Waals surface area contributed by atoms with Crippen LogP contribution in [0.25, 0.3) is 11.1 Å². The third-order valence-corrected chi connectivity index (χ3v) is 2.78. The summed E-state index contributed by atoms with van der Waals surface area (Å²) in [4.78, 5) is 15.6. The number of alkyl halides is 1. The van der Waals surface area contributed by atoms with Crippen molar-refractivity contribution in [3.8, 4) is 0 Å². The number of aromatic nitrogens is 1. The Balaban J connectivity index is 2.70. The number of ketones is 1. The normalized spacial score (nSPS) is 10.7. The van der Waals surface area contributed by atoms with Crippen molar-refractivity contribution < 1.29 is 9.21 Å². The van der Waals surface area contributed by atoms with Crippen molar-refractivity contribution >= 4 is 55.4 Å². The second-order valence-corrected chi connectivity index (χ2v) is 4.16. The minimum absolute atomic E-state index is 0.00292. The Kier molecular flexibility index (Phi) is 2.87. The molecule has 72 valence electrons. The molecule has 5 heteroatoms. The first kappa shape index (κ1) is 10.1. The quantitative estimate of drug-likeness (QED) is 0.466. The second-order valence-electron chi connectivity index (χ2n) is 2.68. The second kappa shape index (κ2) is 3.98. The number of oxazole rings is 1. The maximum Gasteiger partial charge on any atom is 0.258 e. The van der Waals surface area contributed by atoms with Gasteiger partial charge < -0.3 is 4.42 Å². The van der Waals surface area contributed by atoms with E-state index in [0.717, 1.165) is 5.52 Å². The van der Waals surface area contributed by atoms with E-state index in [0.29, 0.717) is 20.4 Å². The molecule has 0 aliphatic heterocycles. The number of rotatable bonds is 2. The summed E-state index contributed by atoms with van der Waals surface area (Å²) in [5.41, 5.74) is 1.87. The highest BCUT2D eigenvalue weighted by Crippen LogP contribution is 2.21. The molecule has 0 saturated carbocycles. The predicted molar refractivity (Wildman–Crippen MR) is 64.9 cm³/mol. The number of Topliss-reactive ketones (excluding diaryl/α,β-unsaturated/α-hetero) is 1. The molecule has 0 atom stereocenters. The van der Waals surface area contributed by atoms with Gasteiger partial charge in [-0.05, 0) is 12.1 Å². The van der Waals surface area contributed by atoms with Crippen molar-refractivity contribution in [1.29, 1.82) is 0 Å². The number of nitrogens with zero attached hydrogens (tertiary/aromatic N) is 1. The zero-order valence-electron chi connectivity index (χ0n) is 6.96. The Labute approximate surface area is 102 Å². The number of benzene rings is 1. The van der Waals surface area contributed by atoms with Crippen LogP contribution < -0.4 is 0 Å². The molecule has 0 radical (unpaired) electrons. The number of hydrogen-bond donors (Lipinski definition) is 0. The number of carbonyl (C=O) groups excluding carboxylic acids is 1. The highest BCUT2D eigenvalue weighted by atomic mass is 127. The number of hydrogen-bond acceptors (Lipinski definition) is 3. The van der Waals surface area contributed by atoms with Crippen molar-refractivity contribution in [2.24, 2.45) is 0 Å². The Morgan fingerprint density at radius 2 is 2.36 bits per heavy atom. The third-order valence-electron chi connectivity index (χ3n) is 1.81.